The number of hydroxylamine groups is 2. The molecule has 3 N–H and O–H groups in total. The van der Waals surface area contributed by atoms with Crippen LogP contribution in [0.25, 0.3) is 0 Å². The molecule has 0 unspecified atom stereocenters. The van der Waals surface area contributed by atoms with Crippen molar-refractivity contribution >= 4 is 18.0 Å². The number of nitrogens with one attached hydrogen (secondary N) is 2. The van der Waals surface area contributed by atoms with Gasteiger partial charge in [0.2, 0.25) is 11.8 Å². The van der Waals surface area contributed by atoms with Gasteiger partial charge in [-0.05, 0) is 5.56 Å². The lowest BCUT2D eigenvalue weighted by Crippen LogP contribution is -2.24. The van der Waals surface area contributed by atoms with E-state index in [2.05, 4.69) is 4.84 Å². The standard InChI is InChI=1S/C10H11NO4.C2H5NO2/c1-8(12)11-15-10(13)14-7-9-5-3-2-4-6-9;1-2(4)3-5/h2-6H,7H2,1H3,(H,11,12);5H,1H3,(H,3,4). The first-order valence-corrected chi connectivity index (χ1v) is 5.50. The molecule has 0 radical (unpaired) electrons. The fourth-order valence-corrected chi connectivity index (χ4v) is 0.859. The van der Waals surface area contributed by atoms with Crippen molar-refractivity contribution in [3.05, 3.63) is 35.9 Å². The zero-order valence-electron chi connectivity index (χ0n) is 11.1. The minimum absolute atomic E-state index is 0.110. The third-order valence-electron chi connectivity index (χ3n) is 1.64. The molecule has 2 amide bonds. The molecule has 0 aliphatic heterocycles. The first kappa shape index (κ1) is 17.4. The highest BCUT2D eigenvalue weighted by atomic mass is 16.8. The van der Waals surface area contributed by atoms with Crippen LogP contribution in [0.15, 0.2) is 30.3 Å². The zero-order valence-corrected chi connectivity index (χ0v) is 11.1. The van der Waals surface area contributed by atoms with E-state index < -0.39 is 18.0 Å². The summed E-state index contributed by atoms with van der Waals surface area (Å²) < 4.78 is 4.70. The van der Waals surface area contributed by atoms with Gasteiger partial charge in [0.15, 0.2) is 0 Å². The number of amides is 2. The molecule has 1 aromatic rings. The van der Waals surface area contributed by atoms with Gasteiger partial charge in [-0.25, -0.2) is 10.3 Å². The molecule has 110 valence electrons. The highest BCUT2D eigenvalue weighted by Gasteiger charge is 2.04. The second-order valence-corrected chi connectivity index (χ2v) is 3.45. The van der Waals surface area contributed by atoms with E-state index in [0.29, 0.717) is 0 Å². The van der Waals surface area contributed by atoms with Crippen molar-refractivity contribution in [3.63, 3.8) is 0 Å². The zero-order chi connectivity index (χ0) is 15.4. The van der Waals surface area contributed by atoms with Crippen molar-refractivity contribution < 1.29 is 29.2 Å². The predicted molar refractivity (Wildman–Crippen MR) is 67.1 cm³/mol. The summed E-state index contributed by atoms with van der Waals surface area (Å²) in [6.45, 7) is 2.56. The van der Waals surface area contributed by atoms with E-state index in [1.165, 1.54) is 19.3 Å². The Balaban J connectivity index is 0.000000621. The number of carbonyl (C=O) groups excluding carboxylic acids is 3. The van der Waals surface area contributed by atoms with E-state index >= 15 is 0 Å². The summed E-state index contributed by atoms with van der Waals surface area (Å²) >= 11 is 0. The van der Waals surface area contributed by atoms with Crippen molar-refractivity contribution in [3.8, 4) is 0 Å². The Morgan fingerprint density at radius 1 is 1.10 bits per heavy atom. The Morgan fingerprint density at radius 2 is 1.65 bits per heavy atom. The van der Waals surface area contributed by atoms with Gasteiger partial charge in [0.1, 0.15) is 6.61 Å². The van der Waals surface area contributed by atoms with E-state index in [4.69, 9.17) is 9.94 Å². The summed E-state index contributed by atoms with van der Waals surface area (Å²) in [5.41, 5.74) is 4.10. The first-order chi connectivity index (χ1) is 9.45. The topological polar surface area (TPSA) is 114 Å². The highest BCUT2D eigenvalue weighted by molar-refractivity contribution is 5.73. The fourth-order valence-electron chi connectivity index (χ4n) is 0.859. The molecule has 1 rings (SSSR count). The van der Waals surface area contributed by atoms with Crippen LogP contribution in [0.1, 0.15) is 19.4 Å². The van der Waals surface area contributed by atoms with E-state index in [-0.39, 0.29) is 6.61 Å². The quantitative estimate of drug-likeness (QED) is 0.422. The number of ether oxygens (including phenoxy) is 1. The molecule has 0 atom stereocenters. The van der Waals surface area contributed by atoms with E-state index in [9.17, 15) is 14.4 Å². The Hall–Kier alpha value is -2.61. The number of hydrogen-bond donors (Lipinski definition) is 3. The number of benzene rings is 1. The van der Waals surface area contributed by atoms with Gasteiger partial charge in [0.25, 0.3) is 0 Å². The van der Waals surface area contributed by atoms with Gasteiger partial charge in [0.05, 0.1) is 0 Å². The maximum atomic E-state index is 10.9. The molecule has 0 saturated carbocycles. The lowest BCUT2D eigenvalue weighted by molar-refractivity contribution is -0.129. The predicted octanol–water partition coefficient (Wildman–Crippen LogP) is 0.903. The molecule has 20 heavy (non-hydrogen) atoms. The summed E-state index contributed by atoms with van der Waals surface area (Å²) in [5.74, 6) is -0.906. The van der Waals surface area contributed by atoms with Crippen LogP contribution >= 0.6 is 0 Å². The van der Waals surface area contributed by atoms with Crippen LogP contribution < -0.4 is 11.0 Å². The van der Waals surface area contributed by atoms with Crippen molar-refractivity contribution in [1.82, 2.24) is 11.0 Å². The summed E-state index contributed by atoms with van der Waals surface area (Å²) in [4.78, 5) is 35.0. The summed E-state index contributed by atoms with van der Waals surface area (Å²) in [6, 6.07) is 9.15. The summed E-state index contributed by atoms with van der Waals surface area (Å²) in [7, 11) is 0. The first-order valence-electron chi connectivity index (χ1n) is 5.50. The van der Waals surface area contributed by atoms with Crippen molar-refractivity contribution in [2.24, 2.45) is 0 Å². The Bertz CT molecular complexity index is 435. The monoisotopic (exact) mass is 284 g/mol. The number of carbonyl (C=O) groups is 3. The Labute approximate surface area is 115 Å². The van der Waals surface area contributed by atoms with Crippen LogP contribution in [-0.2, 0) is 25.8 Å². The van der Waals surface area contributed by atoms with Crippen LogP contribution in [0.3, 0.4) is 0 Å². The molecule has 8 heteroatoms. The minimum Gasteiger partial charge on any atom is -0.428 e. The Morgan fingerprint density at radius 3 is 2.10 bits per heavy atom. The van der Waals surface area contributed by atoms with Gasteiger partial charge >= 0.3 is 6.16 Å². The van der Waals surface area contributed by atoms with Gasteiger partial charge in [-0.2, -0.15) is 5.48 Å². The molecule has 0 saturated heterocycles. The van der Waals surface area contributed by atoms with Crippen molar-refractivity contribution in [2.75, 3.05) is 0 Å². The van der Waals surface area contributed by atoms with Crippen molar-refractivity contribution in [1.29, 1.82) is 0 Å². The largest absolute Gasteiger partial charge is 0.533 e. The molecule has 0 heterocycles. The van der Waals surface area contributed by atoms with Crippen LogP contribution in [0, 0.1) is 0 Å². The second-order valence-electron chi connectivity index (χ2n) is 3.45. The normalized spacial score (nSPS) is 8.55. The summed E-state index contributed by atoms with van der Waals surface area (Å²) in [5, 5.41) is 7.54. The summed E-state index contributed by atoms with van der Waals surface area (Å²) in [6.07, 6.45) is -0.936. The van der Waals surface area contributed by atoms with Crippen LogP contribution in [0.2, 0.25) is 0 Å². The Kier molecular flexibility index (Phi) is 8.98. The van der Waals surface area contributed by atoms with Crippen LogP contribution in [-0.4, -0.2) is 23.2 Å². The smallest absolute Gasteiger partial charge is 0.428 e. The highest BCUT2D eigenvalue weighted by Crippen LogP contribution is 2.00. The average Bonchev–Trinajstić information content (AvgIpc) is 2.44. The maximum absolute atomic E-state index is 10.9. The van der Waals surface area contributed by atoms with Crippen LogP contribution in [0.4, 0.5) is 4.79 Å². The van der Waals surface area contributed by atoms with Gasteiger partial charge in [-0.3, -0.25) is 14.8 Å². The van der Waals surface area contributed by atoms with Crippen LogP contribution in [0.5, 0.6) is 0 Å². The molecular weight excluding hydrogens is 268 g/mol. The second kappa shape index (κ2) is 10.3. The van der Waals surface area contributed by atoms with E-state index in [1.54, 1.807) is 0 Å². The molecule has 0 aromatic heterocycles. The SMILES string of the molecule is CC(=O)NO.CC(=O)NOC(=O)OCc1ccccc1. The third kappa shape index (κ3) is 10.5. The lowest BCUT2D eigenvalue weighted by Gasteiger charge is -2.04. The molecule has 0 bridgehead atoms. The van der Waals surface area contributed by atoms with Gasteiger partial charge in [0, 0.05) is 13.8 Å². The molecule has 0 aliphatic carbocycles. The van der Waals surface area contributed by atoms with Gasteiger partial charge in [-0.1, -0.05) is 30.3 Å². The fraction of sp³-hybridized carbons (Fsp3) is 0.250. The molecule has 1 aromatic carbocycles. The lowest BCUT2D eigenvalue weighted by atomic mass is 10.2. The minimum atomic E-state index is -0.936. The number of hydrogen-bond acceptors (Lipinski definition) is 6. The molecular formula is C12H16N2O6. The van der Waals surface area contributed by atoms with Gasteiger partial charge in [-0.15, -0.1) is 0 Å². The van der Waals surface area contributed by atoms with E-state index in [0.717, 1.165) is 5.56 Å². The van der Waals surface area contributed by atoms with Gasteiger partial charge < -0.3 is 9.57 Å². The molecule has 8 nitrogen and oxygen atoms in total. The molecule has 0 fully saturated rings. The molecule has 0 aliphatic rings. The maximum Gasteiger partial charge on any atom is 0.533 e. The van der Waals surface area contributed by atoms with E-state index in [1.807, 2.05) is 35.8 Å². The average molecular weight is 284 g/mol. The third-order valence-corrected chi connectivity index (χ3v) is 1.64. The molecule has 0 spiro atoms. The number of rotatable bonds is 2. The van der Waals surface area contributed by atoms with Crippen molar-refractivity contribution in [2.45, 2.75) is 20.5 Å².